The van der Waals surface area contributed by atoms with E-state index in [0.717, 1.165) is 64.6 Å². The van der Waals surface area contributed by atoms with E-state index < -0.39 is 10.0 Å². The molecule has 0 radical (unpaired) electrons. The summed E-state index contributed by atoms with van der Waals surface area (Å²) in [7, 11) is -3.07. The molecule has 0 aromatic heterocycles. The van der Waals surface area contributed by atoms with Gasteiger partial charge < -0.3 is 5.32 Å². The maximum absolute atomic E-state index is 12.8. The van der Waals surface area contributed by atoms with Gasteiger partial charge in [-0.2, -0.15) is 4.31 Å². The first-order valence-corrected chi connectivity index (χ1v) is 9.73. The Morgan fingerprint density at radius 1 is 1.10 bits per heavy atom. The van der Waals surface area contributed by atoms with Crippen LogP contribution in [0.3, 0.4) is 0 Å². The lowest BCUT2D eigenvalue weighted by Crippen LogP contribution is -2.51. The SMILES string of the molecule is CC(C)CNCC1CCCCN1S(=O)(=O)C1CCCC1. The smallest absolute Gasteiger partial charge is 0.217 e. The number of rotatable bonds is 6. The molecule has 0 bridgehead atoms. The van der Waals surface area contributed by atoms with Crippen molar-refractivity contribution in [2.75, 3.05) is 19.6 Å². The second-order valence-electron chi connectivity index (χ2n) is 6.76. The van der Waals surface area contributed by atoms with Crippen molar-refractivity contribution in [3.63, 3.8) is 0 Å². The molecule has 4 nitrogen and oxygen atoms in total. The summed E-state index contributed by atoms with van der Waals surface area (Å²) < 4.78 is 27.4. The number of hydrogen-bond donors (Lipinski definition) is 1. The lowest BCUT2D eigenvalue weighted by molar-refractivity contribution is 0.241. The topological polar surface area (TPSA) is 49.4 Å². The van der Waals surface area contributed by atoms with E-state index in [9.17, 15) is 8.42 Å². The lowest BCUT2D eigenvalue weighted by Gasteiger charge is -2.36. The van der Waals surface area contributed by atoms with Crippen LogP contribution in [0.25, 0.3) is 0 Å². The van der Waals surface area contributed by atoms with Gasteiger partial charge >= 0.3 is 0 Å². The molecule has 1 heterocycles. The molecule has 20 heavy (non-hydrogen) atoms. The summed E-state index contributed by atoms with van der Waals surface area (Å²) in [6, 6.07) is 0.174. The van der Waals surface area contributed by atoms with Gasteiger partial charge in [-0.15, -0.1) is 0 Å². The number of nitrogens with one attached hydrogen (secondary N) is 1. The van der Waals surface area contributed by atoms with E-state index in [4.69, 9.17) is 0 Å². The molecule has 1 saturated heterocycles. The van der Waals surface area contributed by atoms with E-state index in [-0.39, 0.29) is 11.3 Å². The third kappa shape index (κ3) is 3.95. The highest BCUT2D eigenvalue weighted by atomic mass is 32.2. The lowest BCUT2D eigenvalue weighted by atomic mass is 10.0. The monoisotopic (exact) mass is 302 g/mol. The van der Waals surface area contributed by atoms with Crippen molar-refractivity contribution in [3.05, 3.63) is 0 Å². The van der Waals surface area contributed by atoms with Crippen LogP contribution in [0.15, 0.2) is 0 Å². The van der Waals surface area contributed by atoms with Gasteiger partial charge in [-0.1, -0.05) is 33.1 Å². The highest BCUT2D eigenvalue weighted by molar-refractivity contribution is 7.89. The Bertz CT molecular complexity index is 389. The molecule has 1 saturated carbocycles. The molecule has 2 aliphatic rings. The zero-order valence-electron chi connectivity index (χ0n) is 13.0. The minimum Gasteiger partial charge on any atom is -0.315 e. The second kappa shape index (κ2) is 7.23. The van der Waals surface area contributed by atoms with Crippen LogP contribution in [0.1, 0.15) is 58.8 Å². The van der Waals surface area contributed by atoms with E-state index in [1.165, 1.54) is 0 Å². The Hall–Kier alpha value is -0.130. The molecular formula is C15H30N2O2S. The molecular weight excluding hydrogens is 272 g/mol. The Labute approximate surface area is 124 Å². The van der Waals surface area contributed by atoms with Gasteiger partial charge in [0.15, 0.2) is 0 Å². The maximum atomic E-state index is 12.8. The van der Waals surface area contributed by atoms with Gasteiger partial charge in [-0.25, -0.2) is 8.42 Å². The first-order valence-electron chi connectivity index (χ1n) is 8.23. The number of sulfonamides is 1. The molecule has 0 aromatic rings. The van der Waals surface area contributed by atoms with Crippen molar-refractivity contribution in [2.24, 2.45) is 5.92 Å². The fourth-order valence-electron chi connectivity index (χ4n) is 3.43. The van der Waals surface area contributed by atoms with E-state index in [0.29, 0.717) is 5.92 Å². The minimum atomic E-state index is -3.07. The predicted octanol–water partition coefficient (Wildman–Crippen LogP) is 2.36. The molecule has 0 amide bonds. The van der Waals surface area contributed by atoms with Crippen molar-refractivity contribution < 1.29 is 8.42 Å². The second-order valence-corrected chi connectivity index (χ2v) is 8.93. The number of hydrogen-bond acceptors (Lipinski definition) is 3. The molecule has 1 aliphatic carbocycles. The third-order valence-electron chi connectivity index (χ3n) is 4.56. The first kappa shape index (κ1) is 16.2. The van der Waals surface area contributed by atoms with Crippen molar-refractivity contribution >= 4 is 10.0 Å². The summed E-state index contributed by atoms with van der Waals surface area (Å²) >= 11 is 0. The highest BCUT2D eigenvalue weighted by Crippen LogP contribution is 2.30. The van der Waals surface area contributed by atoms with Gasteiger partial charge in [0.25, 0.3) is 0 Å². The minimum absolute atomic E-state index is 0.104. The van der Waals surface area contributed by atoms with Crippen LogP contribution in [0, 0.1) is 5.92 Å². The van der Waals surface area contributed by atoms with Crippen LogP contribution < -0.4 is 5.32 Å². The van der Waals surface area contributed by atoms with Gasteiger partial charge in [0.05, 0.1) is 5.25 Å². The molecule has 2 fully saturated rings. The summed E-state index contributed by atoms with van der Waals surface area (Å²) in [6.45, 7) is 6.87. The van der Waals surface area contributed by atoms with Gasteiger partial charge in [0, 0.05) is 19.1 Å². The average molecular weight is 302 g/mol. The Kier molecular flexibility index (Phi) is 5.87. The molecule has 0 spiro atoms. The van der Waals surface area contributed by atoms with Gasteiger partial charge in [-0.05, 0) is 38.1 Å². The third-order valence-corrected chi connectivity index (χ3v) is 7.00. The molecule has 1 atom stereocenters. The quantitative estimate of drug-likeness (QED) is 0.819. The Morgan fingerprint density at radius 3 is 2.40 bits per heavy atom. The van der Waals surface area contributed by atoms with Crippen LogP contribution >= 0.6 is 0 Å². The summed E-state index contributed by atoms with van der Waals surface area (Å²) in [4.78, 5) is 0. The van der Waals surface area contributed by atoms with Crippen molar-refractivity contribution in [1.82, 2.24) is 9.62 Å². The zero-order chi connectivity index (χ0) is 14.6. The number of piperidine rings is 1. The van der Waals surface area contributed by atoms with E-state index >= 15 is 0 Å². The molecule has 1 aliphatic heterocycles. The zero-order valence-corrected chi connectivity index (χ0v) is 13.8. The van der Waals surface area contributed by atoms with E-state index in [1.807, 2.05) is 4.31 Å². The van der Waals surface area contributed by atoms with Crippen molar-refractivity contribution in [2.45, 2.75) is 70.1 Å². The normalized spacial score (nSPS) is 26.4. The fraction of sp³-hybridized carbons (Fsp3) is 1.00. The molecule has 2 rings (SSSR count). The van der Waals surface area contributed by atoms with E-state index in [2.05, 4.69) is 19.2 Å². The van der Waals surface area contributed by atoms with Crippen LogP contribution in [0.2, 0.25) is 0 Å². The summed E-state index contributed by atoms with van der Waals surface area (Å²) in [5.41, 5.74) is 0. The van der Waals surface area contributed by atoms with Gasteiger partial charge in [-0.3, -0.25) is 0 Å². The molecule has 1 N–H and O–H groups in total. The number of nitrogens with zero attached hydrogens (tertiary/aromatic N) is 1. The maximum Gasteiger partial charge on any atom is 0.217 e. The molecule has 118 valence electrons. The van der Waals surface area contributed by atoms with Gasteiger partial charge in [0.2, 0.25) is 10.0 Å². The van der Waals surface area contributed by atoms with Crippen molar-refractivity contribution in [3.8, 4) is 0 Å². The molecule has 0 aromatic carbocycles. The molecule has 5 heteroatoms. The summed E-state index contributed by atoms with van der Waals surface area (Å²) in [5.74, 6) is 0.610. The first-order chi connectivity index (χ1) is 9.51. The largest absolute Gasteiger partial charge is 0.315 e. The van der Waals surface area contributed by atoms with Crippen LogP contribution in [-0.2, 0) is 10.0 Å². The predicted molar refractivity (Wildman–Crippen MR) is 83.2 cm³/mol. The van der Waals surface area contributed by atoms with Crippen LogP contribution in [0.5, 0.6) is 0 Å². The highest BCUT2D eigenvalue weighted by Gasteiger charge is 2.38. The van der Waals surface area contributed by atoms with Gasteiger partial charge in [0.1, 0.15) is 0 Å². The Morgan fingerprint density at radius 2 is 1.75 bits per heavy atom. The average Bonchev–Trinajstić information content (AvgIpc) is 2.93. The van der Waals surface area contributed by atoms with Crippen LogP contribution in [-0.4, -0.2) is 43.6 Å². The van der Waals surface area contributed by atoms with E-state index in [1.54, 1.807) is 0 Å². The summed E-state index contributed by atoms with van der Waals surface area (Å²) in [5, 5.41) is 3.34. The molecule has 1 unspecified atom stereocenters. The standard InChI is InChI=1S/C15H30N2O2S/c1-13(2)11-16-12-14-7-5-6-10-17(14)20(18,19)15-8-3-4-9-15/h13-16H,3-12H2,1-2H3. The van der Waals surface area contributed by atoms with Crippen LogP contribution in [0.4, 0.5) is 0 Å². The van der Waals surface area contributed by atoms with Crippen molar-refractivity contribution in [1.29, 1.82) is 0 Å². The Balaban J connectivity index is 1.98. The fourth-order valence-corrected chi connectivity index (χ4v) is 5.72. The summed E-state index contributed by atoms with van der Waals surface area (Å²) in [6.07, 6.45) is 7.08.